The predicted molar refractivity (Wildman–Crippen MR) is 208 cm³/mol. The molecule has 0 saturated heterocycles. The van der Waals surface area contributed by atoms with Crippen molar-refractivity contribution in [3.8, 4) is 0 Å². The van der Waals surface area contributed by atoms with Gasteiger partial charge in [-0.05, 0) is 94.1 Å². The molecule has 49 heavy (non-hydrogen) atoms. The molecule has 0 heterocycles. The first-order valence-corrected chi connectivity index (χ1v) is 17.5. The van der Waals surface area contributed by atoms with Crippen LogP contribution in [0.15, 0.2) is 192 Å². The molecule has 2 atom stereocenters. The highest BCUT2D eigenvalue weighted by atomic mass is 15.2. The van der Waals surface area contributed by atoms with Crippen LogP contribution in [0.4, 0.5) is 22.7 Å². The first kappa shape index (κ1) is 29.5. The maximum Gasteiger partial charge on any atom is 0.0563 e. The molecule has 0 amide bonds. The summed E-state index contributed by atoms with van der Waals surface area (Å²) >= 11 is 0. The zero-order valence-electron chi connectivity index (χ0n) is 28.1. The van der Waals surface area contributed by atoms with Gasteiger partial charge in [-0.15, -0.1) is 0 Å². The molecule has 0 aromatic heterocycles. The van der Waals surface area contributed by atoms with E-state index in [0.717, 1.165) is 12.8 Å². The predicted octanol–water partition coefficient (Wildman–Crippen LogP) is 12.3. The summed E-state index contributed by atoms with van der Waals surface area (Å²) in [5.74, 6) is 0. The van der Waals surface area contributed by atoms with E-state index in [-0.39, 0.29) is 17.5 Å². The van der Waals surface area contributed by atoms with Gasteiger partial charge >= 0.3 is 0 Å². The molecule has 0 saturated carbocycles. The Kier molecular flexibility index (Phi) is 7.13. The largest absolute Gasteiger partial charge is 0.334 e. The zero-order chi connectivity index (χ0) is 33.0. The van der Waals surface area contributed by atoms with Crippen molar-refractivity contribution in [1.29, 1.82) is 0 Å². The minimum atomic E-state index is -0.0474. The third-order valence-electron chi connectivity index (χ3n) is 11.0. The normalized spacial score (nSPS) is 19.3. The summed E-state index contributed by atoms with van der Waals surface area (Å²) in [5, 5.41) is 5.08. The highest BCUT2D eigenvalue weighted by Gasteiger charge is 2.43. The van der Waals surface area contributed by atoms with Crippen molar-refractivity contribution in [1.82, 2.24) is 0 Å². The number of allylic oxidation sites excluding steroid dienone is 4. The van der Waals surface area contributed by atoms with Gasteiger partial charge in [0, 0.05) is 28.2 Å². The summed E-state index contributed by atoms with van der Waals surface area (Å²) in [5.41, 5.74) is 10.8. The molecule has 9 rings (SSSR count). The number of hydrogen-bond donors (Lipinski definition) is 0. The summed E-state index contributed by atoms with van der Waals surface area (Å²) in [6, 6.07) is 53.3. The lowest BCUT2D eigenvalue weighted by Crippen LogP contribution is -2.35. The van der Waals surface area contributed by atoms with Gasteiger partial charge in [0.1, 0.15) is 0 Å². The Labute approximate surface area is 289 Å². The van der Waals surface area contributed by atoms with Crippen LogP contribution in [-0.4, -0.2) is 12.1 Å². The number of nitrogens with zero attached hydrogens (tertiary/aromatic N) is 2. The van der Waals surface area contributed by atoms with Crippen LogP contribution in [0.1, 0.15) is 26.7 Å². The molecule has 0 N–H and O–H groups in total. The molecule has 0 bridgehead atoms. The second-order valence-electron chi connectivity index (χ2n) is 14.1. The van der Waals surface area contributed by atoms with Crippen LogP contribution >= 0.6 is 0 Å². The van der Waals surface area contributed by atoms with Crippen LogP contribution in [0.5, 0.6) is 0 Å². The molecule has 6 aromatic rings. The molecule has 2 unspecified atom stereocenters. The number of benzene rings is 6. The maximum absolute atomic E-state index is 2.54. The van der Waals surface area contributed by atoms with Gasteiger partial charge < -0.3 is 9.80 Å². The molecular weight excluding hydrogens is 593 g/mol. The molecule has 0 radical (unpaired) electrons. The third-order valence-corrected chi connectivity index (χ3v) is 11.0. The second-order valence-corrected chi connectivity index (χ2v) is 14.1. The van der Waals surface area contributed by atoms with E-state index in [9.17, 15) is 0 Å². The highest BCUT2D eigenvalue weighted by Crippen LogP contribution is 2.55. The Morgan fingerprint density at radius 3 is 1.24 bits per heavy atom. The Hall–Kier alpha value is -5.60. The fourth-order valence-corrected chi connectivity index (χ4v) is 8.51. The first-order valence-electron chi connectivity index (χ1n) is 17.5. The van der Waals surface area contributed by atoms with E-state index >= 15 is 0 Å². The lowest BCUT2D eigenvalue weighted by atomic mass is 9.74. The molecule has 3 aliphatic carbocycles. The molecule has 2 heteroatoms. The number of anilines is 4. The zero-order valence-corrected chi connectivity index (χ0v) is 28.1. The average Bonchev–Trinajstić information content (AvgIpc) is 3.37. The Morgan fingerprint density at radius 2 is 0.816 bits per heavy atom. The summed E-state index contributed by atoms with van der Waals surface area (Å²) in [4.78, 5) is 5.07. The maximum atomic E-state index is 2.54. The molecule has 238 valence electrons. The van der Waals surface area contributed by atoms with Crippen molar-refractivity contribution in [2.45, 2.75) is 38.8 Å². The minimum Gasteiger partial charge on any atom is -0.334 e. The summed E-state index contributed by atoms with van der Waals surface area (Å²) in [6.07, 6.45) is 11.7. The quantitative estimate of drug-likeness (QED) is 0.180. The van der Waals surface area contributed by atoms with Crippen molar-refractivity contribution >= 4 is 44.3 Å². The van der Waals surface area contributed by atoms with Crippen molar-refractivity contribution in [2.24, 2.45) is 5.41 Å². The van der Waals surface area contributed by atoms with Crippen LogP contribution in [0, 0.1) is 5.41 Å². The van der Waals surface area contributed by atoms with Crippen molar-refractivity contribution in [3.63, 3.8) is 0 Å². The topological polar surface area (TPSA) is 6.48 Å². The fraction of sp³-hybridized carbons (Fsp3) is 0.149. The van der Waals surface area contributed by atoms with Crippen molar-refractivity contribution < 1.29 is 0 Å². The third kappa shape index (κ3) is 5.11. The van der Waals surface area contributed by atoms with E-state index in [1.165, 1.54) is 55.4 Å². The van der Waals surface area contributed by atoms with Crippen LogP contribution < -0.4 is 9.80 Å². The first-order chi connectivity index (χ1) is 24.0. The minimum absolute atomic E-state index is 0.0474. The molecule has 6 aromatic carbocycles. The van der Waals surface area contributed by atoms with Crippen molar-refractivity contribution in [2.75, 3.05) is 9.80 Å². The number of para-hydroxylation sites is 2. The van der Waals surface area contributed by atoms with E-state index < -0.39 is 0 Å². The van der Waals surface area contributed by atoms with Gasteiger partial charge in [0.15, 0.2) is 0 Å². The van der Waals surface area contributed by atoms with Gasteiger partial charge in [0.2, 0.25) is 0 Å². The van der Waals surface area contributed by atoms with Gasteiger partial charge in [-0.1, -0.05) is 146 Å². The summed E-state index contributed by atoms with van der Waals surface area (Å²) in [6.45, 7) is 4.92. The van der Waals surface area contributed by atoms with Gasteiger partial charge in [0.25, 0.3) is 0 Å². The van der Waals surface area contributed by atoms with Crippen LogP contribution in [0.25, 0.3) is 21.5 Å². The number of fused-ring (bicyclic) bond motifs is 3. The monoisotopic (exact) mass is 632 g/mol. The fourth-order valence-electron chi connectivity index (χ4n) is 8.51. The average molecular weight is 633 g/mol. The summed E-state index contributed by atoms with van der Waals surface area (Å²) in [7, 11) is 0. The molecule has 2 nitrogen and oxygen atoms in total. The van der Waals surface area contributed by atoms with E-state index in [1.54, 1.807) is 11.1 Å². The van der Waals surface area contributed by atoms with Gasteiger partial charge in [-0.2, -0.15) is 0 Å². The van der Waals surface area contributed by atoms with Gasteiger partial charge in [-0.25, -0.2) is 0 Å². The molecule has 3 aliphatic rings. The van der Waals surface area contributed by atoms with Gasteiger partial charge in [-0.3, -0.25) is 0 Å². The highest BCUT2D eigenvalue weighted by molar-refractivity contribution is 5.88. The van der Waals surface area contributed by atoms with E-state index in [4.69, 9.17) is 0 Å². The molecule has 0 fully saturated rings. The van der Waals surface area contributed by atoms with Crippen LogP contribution in [0.2, 0.25) is 0 Å². The lowest BCUT2D eigenvalue weighted by Gasteiger charge is -2.39. The van der Waals surface area contributed by atoms with E-state index in [2.05, 4.69) is 194 Å². The Balaban J connectivity index is 1.05. The lowest BCUT2D eigenvalue weighted by molar-refractivity contribution is 0.483. The standard InChI is InChI=1S/C47H40N2/c1-47(2)45-31-41(48(37-17-5-3-6-18-37)39-23-21-33-13-9-11-15-35(33)29-39)25-27-43(45)44-28-26-42(32-46(44)47)49(38-19-7-4-8-20-38)40-24-22-34-14-10-12-16-36(34)30-40/h3-30,41-42H,31-32H2,1-2H3. The van der Waals surface area contributed by atoms with Crippen LogP contribution in [-0.2, 0) is 0 Å². The van der Waals surface area contributed by atoms with Crippen LogP contribution in [0.3, 0.4) is 0 Å². The SMILES string of the molecule is CC1(C)C2=C(C=CC(N(c3ccccc3)c3ccc4ccccc4c3)C2)C2=C1CC(N(c1ccccc1)c1ccc3ccccc3c1)C=C2. The van der Waals surface area contributed by atoms with Crippen molar-refractivity contribution in [3.05, 3.63) is 192 Å². The summed E-state index contributed by atoms with van der Waals surface area (Å²) < 4.78 is 0. The van der Waals surface area contributed by atoms with Gasteiger partial charge in [0.05, 0.1) is 12.1 Å². The number of rotatable bonds is 6. The molecular formula is C47H40N2. The number of hydrogen-bond acceptors (Lipinski definition) is 2. The smallest absolute Gasteiger partial charge is 0.0563 e. The Morgan fingerprint density at radius 1 is 0.429 bits per heavy atom. The second kappa shape index (κ2) is 11.8. The Bertz CT molecular complexity index is 2160. The molecule has 0 spiro atoms. The van der Waals surface area contributed by atoms with E-state index in [1.807, 2.05) is 0 Å². The van der Waals surface area contributed by atoms with E-state index in [0.29, 0.717) is 0 Å². The molecule has 0 aliphatic heterocycles.